The highest BCUT2D eigenvalue weighted by atomic mass is 32.1. The molecule has 0 aliphatic rings. The van der Waals surface area contributed by atoms with Gasteiger partial charge in [0.25, 0.3) is 0 Å². The molecule has 92 valence electrons. The van der Waals surface area contributed by atoms with Gasteiger partial charge in [0.15, 0.2) is 0 Å². The Balaban J connectivity index is 2.43. The summed E-state index contributed by atoms with van der Waals surface area (Å²) in [6, 6.07) is 0.527. The van der Waals surface area contributed by atoms with Gasteiger partial charge in [-0.2, -0.15) is 0 Å². The van der Waals surface area contributed by atoms with Gasteiger partial charge in [0.05, 0.1) is 0 Å². The van der Waals surface area contributed by atoms with E-state index in [1.165, 1.54) is 5.01 Å². The Kier molecular flexibility index (Phi) is 5.38. The first-order chi connectivity index (χ1) is 7.49. The van der Waals surface area contributed by atoms with Crippen molar-refractivity contribution in [2.45, 2.75) is 33.4 Å². The summed E-state index contributed by atoms with van der Waals surface area (Å²) in [5, 5.41) is 6.87. The largest absolute Gasteiger partial charge is 0.308 e. The minimum absolute atomic E-state index is 0.527. The monoisotopic (exact) mass is 241 g/mol. The highest BCUT2D eigenvalue weighted by molar-refractivity contribution is 7.09. The summed E-state index contributed by atoms with van der Waals surface area (Å²) in [5.74, 6) is 0.642. The molecule has 1 aromatic rings. The van der Waals surface area contributed by atoms with Gasteiger partial charge in [-0.1, -0.05) is 13.8 Å². The maximum Gasteiger partial charge on any atom is 0.107 e. The molecule has 1 rings (SSSR count). The van der Waals surface area contributed by atoms with Crippen LogP contribution in [0, 0.1) is 12.8 Å². The SMILES string of the molecule is Cc1csc(CNC(CN(C)C)C(C)C)n1. The van der Waals surface area contributed by atoms with Gasteiger partial charge in [-0.05, 0) is 26.9 Å². The lowest BCUT2D eigenvalue weighted by atomic mass is 10.0. The zero-order valence-electron chi connectivity index (χ0n) is 10.9. The first kappa shape index (κ1) is 13.6. The third-order valence-corrected chi connectivity index (χ3v) is 3.52. The van der Waals surface area contributed by atoms with E-state index in [9.17, 15) is 0 Å². The van der Waals surface area contributed by atoms with Crippen molar-refractivity contribution in [3.05, 3.63) is 16.1 Å². The fourth-order valence-corrected chi connectivity index (χ4v) is 2.33. The molecule has 16 heavy (non-hydrogen) atoms. The summed E-state index contributed by atoms with van der Waals surface area (Å²) < 4.78 is 0. The lowest BCUT2D eigenvalue weighted by molar-refractivity contribution is 0.288. The van der Waals surface area contributed by atoms with Gasteiger partial charge in [-0.15, -0.1) is 11.3 Å². The van der Waals surface area contributed by atoms with Gasteiger partial charge in [0.2, 0.25) is 0 Å². The van der Waals surface area contributed by atoms with Crippen LogP contribution in [0.25, 0.3) is 0 Å². The van der Waals surface area contributed by atoms with Crippen molar-refractivity contribution in [3.63, 3.8) is 0 Å². The predicted molar refractivity (Wildman–Crippen MR) is 70.9 cm³/mol. The Hall–Kier alpha value is -0.450. The summed E-state index contributed by atoms with van der Waals surface area (Å²) in [6.45, 7) is 8.51. The topological polar surface area (TPSA) is 28.2 Å². The third kappa shape index (κ3) is 4.60. The minimum Gasteiger partial charge on any atom is -0.308 e. The zero-order chi connectivity index (χ0) is 12.1. The highest BCUT2D eigenvalue weighted by Crippen LogP contribution is 2.10. The number of aromatic nitrogens is 1. The van der Waals surface area contributed by atoms with E-state index >= 15 is 0 Å². The molecule has 1 aromatic heterocycles. The van der Waals surface area contributed by atoms with Gasteiger partial charge in [0, 0.05) is 30.2 Å². The van der Waals surface area contributed by atoms with Crippen LogP contribution in [0.15, 0.2) is 5.38 Å². The maximum absolute atomic E-state index is 4.46. The summed E-state index contributed by atoms with van der Waals surface area (Å²) in [4.78, 5) is 6.69. The average Bonchev–Trinajstić information content (AvgIpc) is 2.58. The number of aryl methyl sites for hydroxylation is 1. The summed E-state index contributed by atoms with van der Waals surface area (Å²) in [7, 11) is 4.23. The summed E-state index contributed by atoms with van der Waals surface area (Å²) in [6.07, 6.45) is 0. The first-order valence-corrected chi connectivity index (χ1v) is 6.66. The second-order valence-corrected chi connectivity index (χ2v) is 5.82. The molecule has 0 radical (unpaired) electrons. The van der Waals surface area contributed by atoms with Crippen molar-refractivity contribution in [2.24, 2.45) is 5.92 Å². The second-order valence-electron chi connectivity index (χ2n) is 4.88. The number of likely N-dealkylation sites (N-methyl/N-ethyl adjacent to an activating group) is 1. The number of nitrogens with one attached hydrogen (secondary N) is 1. The minimum atomic E-state index is 0.527. The van der Waals surface area contributed by atoms with E-state index < -0.39 is 0 Å². The van der Waals surface area contributed by atoms with Crippen LogP contribution >= 0.6 is 11.3 Å². The Morgan fingerprint density at radius 3 is 2.56 bits per heavy atom. The molecule has 1 heterocycles. The lowest BCUT2D eigenvalue weighted by Crippen LogP contribution is -2.41. The molecule has 0 aromatic carbocycles. The molecule has 3 nitrogen and oxygen atoms in total. The highest BCUT2D eigenvalue weighted by Gasteiger charge is 2.14. The average molecular weight is 241 g/mol. The normalized spacial score (nSPS) is 13.7. The number of rotatable bonds is 6. The van der Waals surface area contributed by atoms with Crippen molar-refractivity contribution >= 4 is 11.3 Å². The molecule has 0 amide bonds. The van der Waals surface area contributed by atoms with E-state index in [-0.39, 0.29) is 0 Å². The summed E-state index contributed by atoms with van der Waals surface area (Å²) in [5.41, 5.74) is 1.12. The van der Waals surface area contributed by atoms with Crippen molar-refractivity contribution < 1.29 is 0 Å². The fraction of sp³-hybridized carbons (Fsp3) is 0.750. The van der Waals surface area contributed by atoms with Crippen LogP contribution in [0.2, 0.25) is 0 Å². The Morgan fingerprint density at radius 1 is 1.44 bits per heavy atom. The van der Waals surface area contributed by atoms with Crippen LogP contribution in [-0.2, 0) is 6.54 Å². The molecule has 1 unspecified atom stereocenters. The van der Waals surface area contributed by atoms with Crippen LogP contribution < -0.4 is 5.32 Å². The molecular weight excluding hydrogens is 218 g/mol. The van der Waals surface area contributed by atoms with Crippen LogP contribution in [0.3, 0.4) is 0 Å². The molecule has 4 heteroatoms. The molecule has 0 aliphatic carbocycles. The lowest BCUT2D eigenvalue weighted by Gasteiger charge is -2.25. The zero-order valence-corrected chi connectivity index (χ0v) is 11.8. The van der Waals surface area contributed by atoms with Crippen LogP contribution in [0.1, 0.15) is 24.5 Å². The predicted octanol–water partition coefficient (Wildman–Crippen LogP) is 2.13. The van der Waals surface area contributed by atoms with E-state index in [2.05, 4.69) is 48.5 Å². The molecule has 1 N–H and O–H groups in total. The van der Waals surface area contributed by atoms with Gasteiger partial charge in [-0.25, -0.2) is 4.98 Å². The van der Waals surface area contributed by atoms with E-state index in [0.29, 0.717) is 12.0 Å². The van der Waals surface area contributed by atoms with E-state index in [1.807, 2.05) is 6.92 Å². The van der Waals surface area contributed by atoms with E-state index in [0.717, 1.165) is 18.8 Å². The molecule has 0 saturated carbocycles. The third-order valence-electron chi connectivity index (χ3n) is 2.55. The number of hydrogen-bond acceptors (Lipinski definition) is 4. The Bertz CT molecular complexity index is 307. The second kappa shape index (κ2) is 6.33. The molecule has 0 bridgehead atoms. The van der Waals surface area contributed by atoms with Crippen molar-refractivity contribution in [1.82, 2.24) is 15.2 Å². The molecule has 0 spiro atoms. The van der Waals surface area contributed by atoms with Crippen LogP contribution in [0.5, 0.6) is 0 Å². The van der Waals surface area contributed by atoms with Gasteiger partial charge >= 0.3 is 0 Å². The molecule has 1 atom stereocenters. The number of thiazole rings is 1. The molecular formula is C12H23N3S. The first-order valence-electron chi connectivity index (χ1n) is 5.78. The molecule has 0 fully saturated rings. The van der Waals surface area contributed by atoms with Crippen molar-refractivity contribution in [1.29, 1.82) is 0 Å². The van der Waals surface area contributed by atoms with E-state index in [4.69, 9.17) is 0 Å². The molecule has 0 saturated heterocycles. The standard InChI is InChI=1S/C12H23N3S/c1-9(2)11(7-15(4)5)13-6-12-14-10(3)8-16-12/h8-9,11,13H,6-7H2,1-5H3. The van der Waals surface area contributed by atoms with Gasteiger partial charge < -0.3 is 10.2 Å². The van der Waals surface area contributed by atoms with Crippen LogP contribution in [-0.4, -0.2) is 36.6 Å². The Morgan fingerprint density at radius 2 is 2.12 bits per heavy atom. The fourth-order valence-electron chi connectivity index (χ4n) is 1.61. The smallest absolute Gasteiger partial charge is 0.107 e. The van der Waals surface area contributed by atoms with Gasteiger partial charge in [-0.3, -0.25) is 0 Å². The number of nitrogens with zero attached hydrogens (tertiary/aromatic N) is 2. The van der Waals surface area contributed by atoms with Crippen molar-refractivity contribution in [3.8, 4) is 0 Å². The maximum atomic E-state index is 4.46. The summed E-state index contributed by atoms with van der Waals surface area (Å²) >= 11 is 1.73. The number of hydrogen-bond donors (Lipinski definition) is 1. The van der Waals surface area contributed by atoms with Gasteiger partial charge in [0.1, 0.15) is 5.01 Å². The Labute approximate surface area is 103 Å². The van der Waals surface area contributed by atoms with Crippen LogP contribution in [0.4, 0.5) is 0 Å². The van der Waals surface area contributed by atoms with Crippen molar-refractivity contribution in [2.75, 3.05) is 20.6 Å². The quantitative estimate of drug-likeness (QED) is 0.827. The van der Waals surface area contributed by atoms with E-state index in [1.54, 1.807) is 11.3 Å². The molecule has 0 aliphatic heterocycles.